The maximum Gasteiger partial charge on any atom is 0.248 e. The number of rotatable bonds is 7. The van der Waals surface area contributed by atoms with E-state index in [1.165, 1.54) is 29.4 Å². The lowest BCUT2D eigenvalue weighted by Crippen LogP contribution is -2.34. The number of aryl methyl sites for hydroxylation is 3. The fraction of sp³-hybridized carbons (Fsp3) is 0.474. The maximum absolute atomic E-state index is 12.1. The lowest BCUT2D eigenvalue weighted by Gasteiger charge is -2.21. The first kappa shape index (κ1) is 18.2. The van der Waals surface area contributed by atoms with Crippen LogP contribution in [0.1, 0.15) is 35.0 Å². The van der Waals surface area contributed by atoms with Gasteiger partial charge < -0.3 is 14.2 Å². The van der Waals surface area contributed by atoms with E-state index in [4.69, 9.17) is 4.74 Å². The van der Waals surface area contributed by atoms with Crippen molar-refractivity contribution in [1.82, 2.24) is 14.5 Å². The van der Waals surface area contributed by atoms with Gasteiger partial charge in [-0.3, -0.25) is 4.79 Å². The van der Waals surface area contributed by atoms with E-state index in [-0.39, 0.29) is 12.5 Å². The van der Waals surface area contributed by atoms with E-state index in [9.17, 15) is 4.79 Å². The van der Waals surface area contributed by atoms with Crippen molar-refractivity contribution in [3.63, 3.8) is 0 Å². The molecule has 0 fully saturated rings. The summed E-state index contributed by atoms with van der Waals surface area (Å²) in [4.78, 5) is 18.3. The topological polar surface area (TPSA) is 47.4 Å². The molecule has 2 rings (SSSR count). The molecule has 5 heteroatoms. The highest BCUT2D eigenvalue weighted by atomic mass is 16.5. The molecule has 130 valence electrons. The Kier molecular flexibility index (Phi) is 6.15. The van der Waals surface area contributed by atoms with E-state index in [0.717, 1.165) is 12.4 Å². The molecule has 1 aromatic carbocycles. The third kappa shape index (κ3) is 4.23. The lowest BCUT2D eigenvalue weighted by molar-refractivity contribution is -0.135. The zero-order valence-corrected chi connectivity index (χ0v) is 15.3. The summed E-state index contributed by atoms with van der Waals surface area (Å²) in [5, 5.41) is 0. The number of benzene rings is 1. The van der Waals surface area contributed by atoms with Crippen LogP contribution in [-0.2, 0) is 22.6 Å². The number of hydrogen-bond donors (Lipinski definition) is 0. The number of imidazole rings is 1. The molecule has 0 aliphatic rings. The Bertz CT molecular complexity index is 683. The van der Waals surface area contributed by atoms with E-state index >= 15 is 0 Å². The van der Waals surface area contributed by atoms with Crippen LogP contribution < -0.4 is 0 Å². The molecule has 0 spiro atoms. The van der Waals surface area contributed by atoms with Gasteiger partial charge >= 0.3 is 0 Å². The molecular formula is C19H27N3O2. The first-order valence-corrected chi connectivity index (χ1v) is 8.29. The SMILES string of the molecule is CCN(Cc1nccn1Cc1c(C)cc(C)cc1C)C(=O)COC. The number of ether oxygens (including phenoxy) is 1. The summed E-state index contributed by atoms with van der Waals surface area (Å²) in [6.45, 7) is 10.4. The highest BCUT2D eigenvalue weighted by Gasteiger charge is 2.15. The largest absolute Gasteiger partial charge is 0.375 e. The van der Waals surface area contributed by atoms with Crippen molar-refractivity contribution in [2.75, 3.05) is 20.3 Å². The molecule has 24 heavy (non-hydrogen) atoms. The Morgan fingerprint density at radius 3 is 2.50 bits per heavy atom. The van der Waals surface area contributed by atoms with Crippen LogP contribution in [0.2, 0.25) is 0 Å². The highest BCUT2D eigenvalue weighted by molar-refractivity contribution is 5.77. The maximum atomic E-state index is 12.1. The van der Waals surface area contributed by atoms with Crippen molar-refractivity contribution in [3.8, 4) is 0 Å². The molecule has 0 aliphatic heterocycles. The van der Waals surface area contributed by atoms with Gasteiger partial charge in [-0.15, -0.1) is 0 Å². The third-order valence-corrected chi connectivity index (χ3v) is 4.31. The number of likely N-dealkylation sites (N-methyl/N-ethyl adjacent to an activating group) is 1. The second-order valence-electron chi connectivity index (χ2n) is 6.19. The summed E-state index contributed by atoms with van der Waals surface area (Å²) < 4.78 is 7.07. The molecule has 0 saturated heterocycles. The molecule has 0 N–H and O–H groups in total. The fourth-order valence-corrected chi connectivity index (χ4v) is 3.03. The molecule has 0 aliphatic carbocycles. The van der Waals surface area contributed by atoms with Crippen molar-refractivity contribution in [2.24, 2.45) is 0 Å². The van der Waals surface area contributed by atoms with Crippen LogP contribution in [0.4, 0.5) is 0 Å². The number of carbonyl (C=O) groups excluding carboxylic acids is 1. The zero-order chi connectivity index (χ0) is 17.7. The average molecular weight is 329 g/mol. The van der Waals surface area contributed by atoms with Crippen molar-refractivity contribution in [1.29, 1.82) is 0 Å². The fourth-order valence-electron chi connectivity index (χ4n) is 3.03. The quantitative estimate of drug-likeness (QED) is 0.785. The monoisotopic (exact) mass is 329 g/mol. The number of aromatic nitrogens is 2. The average Bonchev–Trinajstić information content (AvgIpc) is 2.95. The van der Waals surface area contributed by atoms with Crippen LogP contribution in [0.15, 0.2) is 24.5 Å². The minimum absolute atomic E-state index is 0.0164. The zero-order valence-electron chi connectivity index (χ0n) is 15.3. The summed E-state index contributed by atoms with van der Waals surface area (Å²) in [6.07, 6.45) is 3.77. The van der Waals surface area contributed by atoms with Crippen LogP contribution in [0, 0.1) is 20.8 Å². The van der Waals surface area contributed by atoms with Gasteiger partial charge in [0.05, 0.1) is 6.54 Å². The van der Waals surface area contributed by atoms with Crippen molar-refractivity contribution in [2.45, 2.75) is 40.8 Å². The molecule has 1 aromatic heterocycles. The number of nitrogens with zero attached hydrogens (tertiary/aromatic N) is 3. The number of hydrogen-bond acceptors (Lipinski definition) is 3. The Morgan fingerprint density at radius 2 is 1.92 bits per heavy atom. The van der Waals surface area contributed by atoms with Crippen LogP contribution in [0.3, 0.4) is 0 Å². The van der Waals surface area contributed by atoms with Gasteiger partial charge in [0.25, 0.3) is 0 Å². The van der Waals surface area contributed by atoms with Gasteiger partial charge in [0, 0.05) is 32.6 Å². The normalized spacial score (nSPS) is 10.9. The Balaban J connectivity index is 2.20. The smallest absolute Gasteiger partial charge is 0.248 e. The molecule has 0 unspecified atom stereocenters. The van der Waals surface area contributed by atoms with Gasteiger partial charge in [0.2, 0.25) is 5.91 Å². The van der Waals surface area contributed by atoms with Gasteiger partial charge in [-0.05, 0) is 44.4 Å². The van der Waals surface area contributed by atoms with Gasteiger partial charge in [0.15, 0.2) is 0 Å². The number of methoxy groups -OCH3 is 1. The van der Waals surface area contributed by atoms with Gasteiger partial charge in [-0.1, -0.05) is 17.7 Å². The second-order valence-corrected chi connectivity index (χ2v) is 6.19. The molecule has 0 atom stereocenters. The third-order valence-electron chi connectivity index (χ3n) is 4.31. The summed E-state index contributed by atoms with van der Waals surface area (Å²) in [7, 11) is 1.54. The van der Waals surface area contributed by atoms with Gasteiger partial charge in [-0.2, -0.15) is 0 Å². The van der Waals surface area contributed by atoms with E-state index in [1.54, 1.807) is 11.1 Å². The highest BCUT2D eigenvalue weighted by Crippen LogP contribution is 2.18. The predicted octanol–water partition coefficient (Wildman–Crippen LogP) is 2.85. The first-order valence-electron chi connectivity index (χ1n) is 8.29. The van der Waals surface area contributed by atoms with Crippen LogP contribution in [0.5, 0.6) is 0 Å². The summed E-state index contributed by atoms with van der Waals surface area (Å²) in [6, 6.07) is 4.42. The molecule has 1 amide bonds. The summed E-state index contributed by atoms with van der Waals surface area (Å²) in [5.41, 5.74) is 5.16. The van der Waals surface area contributed by atoms with E-state index in [1.807, 2.05) is 13.1 Å². The molecule has 1 heterocycles. The first-order chi connectivity index (χ1) is 11.5. The molecule has 0 saturated carbocycles. The molecule has 2 aromatic rings. The number of amides is 1. The standard InChI is InChI=1S/C19H27N3O2/c1-6-21(19(23)13-24-5)12-18-20-7-8-22(18)11-17-15(3)9-14(2)10-16(17)4/h7-10H,6,11-13H2,1-5H3. The molecule has 0 radical (unpaired) electrons. The molecular weight excluding hydrogens is 302 g/mol. The number of carbonyl (C=O) groups is 1. The molecule has 5 nitrogen and oxygen atoms in total. The van der Waals surface area contributed by atoms with E-state index in [0.29, 0.717) is 13.1 Å². The molecule has 0 bridgehead atoms. The minimum Gasteiger partial charge on any atom is -0.375 e. The lowest BCUT2D eigenvalue weighted by atomic mass is 10.00. The van der Waals surface area contributed by atoms with Crippen LogP contribution >= 0.6 is 0 Å². The summed E-state index contributed by atoms with van der Waals surface area (Å²) in [5.74, 6) is 0.873. The van der Waals surface area contributed by atoms with E-state index < -0.39 is 0 Å². The van der Waals surface area contributed by atoms with Gasteiger partial charge in [-0.25, -0.2) is 4.98 Å². The van der Waals surface area contributed by atoms with Crippen molar-refractivity contribution in [3.05, 3.63) is 52.6 Å². The van der Waals surface area contributed by atoms with Gasteiger partial charge in [0.1, 0.15) is 12.4 Å². The second kappa shape index (κ2) is 8.11. The van der Waals surface area contributed by atoms with Crippen LogP contribution in [0.25, 0.3) is 0 Å². The van der Waals surface area contributed by atoms with Crippen molar-refractivity contribution < 1.29 is 9.53 Å². The Hall–Kier alpha value is -2.14. The Morgan fingerprint density at radius 1 is 1.25 bits per heavy atom. The van der Waals surface area contributed by atoms with E-state index in [2.05, 4.69) is 42.5 Å². The summed E-state index contributed by atoms with van der Waals surface area (Å²) >= 11 is 0. The van der Waals surface area contributed by atoms with Crippen LogP contribution in [-0.4, -0.2) is 40.6 Å². The minimum atomic E-state index is -0.0164. The Labute approximate surface area is 144 Å². The predicted molar refractivity (Wildman–Crippen MR) is 94.9 cm³/mol. The van der Waals surface area contributed by atoms with Crippen molar-refractivity contribution >= 4 is 5.91 Å².